The molecule has 118 valence electrons. The first-order chi connectivity index (χ1) is 9.54. The lowest BCUT2D eigenvalue weighted by Crippen LogP contribution is -1.94. The molecular weight excluding hydrogens is 559 g/mol. The van der Waals surface area contributed by atoms with E-state index in [1.54, 1.807) is 0 Å². The quantitative estimate of drug-likeness (QED) is 0.129. The third-order valence-corrected chi connectivity index (χ3v) is 5.47. The van der Waals surface area contributed by atoms with Gasteiger partial charge in [-0.15, -0.1) is 0 Å². The smallest absolute Gasteiger partial charge is 0.0639 e. The van der Waals surface area contributed by atoms with Crippen molar-refractivity contribution in [3.63, 3.8) is 0 Å². The molecule has 4 heteroatoms. The zero-order valence-electron chi connectivity index (χ0n) is 12.6. The van der Waals surface area contributed by atoms with E-state index in [9.17, 15) is 0 Å². The summed E-state index contributed by atoms with van der Waals surface area (Å²) < 4.78 is 2.38. The summed E-state index contributed by atoms with van der Waals surface area (Å²) >= 11 is 13.4. The second-order valence-corrected chi connectivity index (χ2v) is 11.1. The van der Waals surface area contributed by atoms with Crippen LogP contribution in [0.1, 0.15) is 78.1 Å². The molecule has 0 aromatic heterocycles. The fourth-order valence-corrected chi connectivity index (χ4v) is 4.08. The molecule has 0 radical (unpaired) electrons. The highest BCUT2D eigenvalue weighted by atomic mass is 127. The minimum atomic E-state index is 1.13. The zero-order valence-corrected chi connectivity index (χ0v) is 19.5. The molecule has 0 fully saturated rings. The van der Waals surface area contributed by atoms with Crippen molar-refractivity contribution in [2.24, 2.45) is 0 Å². The normalized spacial score (nSPS) is 12.3. The number of rotatable bonds is 11. The molecule has 0 spiro atoms. The molecule has 0 aliphatic rings. The second-order valence-electron chi connectivity index (χ2n) is 5.10. The van der Waals surface area contributed by atoms with Gasteiger partial charge in [-0.2, -0.15) is 0 Å². The van der Waals surface area contributed by atoms with E-state index in [2.05, 4.69) is 84.2 Å². The Morgan fingerprint density at radius 3 is 1.50 bits per heavy atom. The molecule has 0 heterocycles. The predicted octanol–water partition coefficient (Wildman–Crippen LogP) is 8.97. The van der Waals surface area contributed by atoms with Crippen LogP contribution in [0.15, 0.2) is 17.0 Å². The standard InChI is InChI=1S/C16H26Br3I/c1-3-5-7-9-11-13(15(17)18)14(16(19)20)12-10-8-6-4-2/h3-12H2,1-2H3/b16-14-. The maximum atomic E-state index is 3.69. The summed E-state index contributed by atoms with van der Waals surface area (Å²) in [6.07, 6.45) is 12.8. The molecule has 0 N–H and O–H groups in total. The Balaban J connectivity index is 4.58. The lowest BCUT2D eigenvalue weighted by Gasteiger charge is -2.14. The third kappa shape index (κ3) is 10.4. The molecule has 0 bridgehead atoms. The van der Waals surface area contributed by atoms with Crippen molar-refractivity contribution < 1.29 is 0 Å². The van der Waals surface area contributed by atoms with E-state index < -0.39 is 0 Å². The number of hydrogen-bond donors (Lipinski definition) is 0. The van der Waals surface area contributed by atoms with Crippen molar-refractivity contribution >= 4 is 70.4 Å². The molecule has 0 saturated carbocycles. The van der Waals surface area contributed by atoms with E-state index >= 15 is 0 Å². The van der Waals surface area contributed by atoms with Crippen LogP contribution < -0.4 is 0 Å². The monoisotopic (exact) mass is 582 g/mol. The first-order valence-electron chi connectivity index (χ1n) is 7.63. The molecule has 0 atom stereocenters. The van der Waals surface area contributed by atoms with Crippen molar-refractivity contribution in [3.05, 3.63) is 17.0 Å². The van der Waals surface area contributed by atoms with Crippen LogP contribution in [0.2, 0.25) is 0 Å². The Morgan fingerprint density at radius 2 is 1.15 bits per heavy atom. The lowest BCUT2D eigenvalue weighted by molar-refractivity contribution is 0.649. The Labute approximate surface area is 164 Å². The minimum Gasteiger partial charge on any atom is -0.0654 e. The fraction of sp³-hybridized carbons (Fsp3) is 0.750. The van der Waals surface area contributed by atoms with Gasteiger partial charge in [-0.1, -0.05) is 52.4 Å². The van der Waals surface area contributed by atoms with Gasteiger partial charge in [-0.05, 0) is 107 Å². The molecule has 0 nitrogen and oxygen atoms in total. The zero-order chi connectivity index (χ0) is 15.4. The molecule has 0 saturated heterocycles. The lowest BCUT2D eigenvalue weighted by atomic mass is 9.97. The van der Waals surface area contributed by atoms with E-state index in [1.807, 2.05) is 0 Å². The van der Waals surface area contributed by atoms with Gasteiger partial charge in [0.1, 0.15) is 0 Å². The summed E-state index contributed by atoms with van der Waals surface area (Å²) in [4.78, 5) is 0. The first-order valence-corrected chi connectivity index (χ1v) is 11.1. The molecule has 0 unspecified atom stereocenters. The van der Waals surface area contributed by atoms with E-state index in [4.69, 9.17) is 0 Å². The van der Waals surface area contributed by atoms with Crippen LogP contribution in [0, 0.1) is 0 Å². The Hall–Kier alpha value is 1.65. The molecule has 0 amide bonds. The van der Waals surface area contributed by atoms with E-state index in [-0.39, 0.29) is 0 Å². The van der Waals surface area contributed by atoms with Crippen molar-refractivity contribution in [2.75, 3.05) is 0 Å². The van der Waals surface area contributed by atoms with E-state index in [0.29, 0.717) is 0 Å². The van der Waals surface area contributed by atoms with Gasteiger partial charge in [0.25, 0.3) is 0 Å². The van der Waals surface area contributed by atoms with Crippen molar-refractivity contribution in [2.45, 2.75) is 78.1 Å². The highest BCUT2D eigenvalue weighted by Gasteiger charge is 2.12. The van der Waals surface area contributed by atoms with Crippen molar-refractivity contribution in [1.82, 2.24) is 0 Å². The van der Waals surface area contributed by atoms with Crippen molar-refractivity contribution in [3.8, 4) is 0 Å². The summed E-state index contributed by atoms with van der Waals surface area (Å²) in [7, 11) is 0. The summed E-state index contributed by atoms with van der Waals surface area (Å²) in [5, 5.41) is 0. The van der Waals surface area contributed by atoms with Crippen LogP contribution in [0.4, 0.5) is 0 Å². The topological polar surface area (TPSA) is 0 Å². The predicted molar refractivity (Wildman–Crippen MR) is 112 cm³/mol. The van der Waals surface area contributed by atoms with Gasteiger partial charge in [0.2, 0.25) is 0 Å². The summed E-state index contributed by atoms with van der Waals surface area (Å²) in [5.41, 5.74) is 2.92. The maximum absolute atomic E-state index is 3.69. The molecule has 0 aromatic rings. The fourth-order valence-electron chi connectivity index (χ4n) is 2.18. The van der Waals surface area contributed by atoms with Gasteiger partial charge >= 0.3 is 0 Å². The summed E-state index contributed by atoms with van der Waals surface area (Å²) in [5.74, 6) is 0. The highest BCUT2D eigenvalue weighted by Crippen LogP contribution is 2.37. The Kier molecular flexibility index (Phi) is 15.4. The number of halogens is 4. The van der Waals surface area contributed by atoms with Crippen LogP contribution in [0.5, 0.6) is 0 Å². The van der Waals surface area contributed by atoms with E-state index in [0.717, 1.165) is 9.81 Å². The van der Waals surface area contributed by atoms with Gasteiger partial charge in [0, 0.05) is 0 Å². The molecule has 0 aromatic carbocycles. The minimum absolute atomic E-state index is 1.13. The highest BCUT2D eigenvalue weighted by molar-refractivity contribution is 14.1. The maximum Gasteiger partial charge on any atom is 0.0639 e. The van der Waals surface area contributed by atoms with Crippen LogP contribution in [-0.4, -0.2) is 0 Å². The largest absolute Gasteiger partial charge is 0.0654 e. The van der Waals surface area contributed by atoms with Gasteiger partial charge in [-0.3, -0.25) is 0 Å². The van der Waals surface area contributed by atoms with Crippen molar-refractivity contribution in [1.29, 1.82) is 0 Å². The van der Waals surface area contributed by atoms with Crippen LogP contribution in [-0.2, 0) is 0 Å². The number of hydrogen-bond acceptors (Lipinski definition) is 0. The van der Waals surface area contributed by atoms with Gasteiger partial charge in [0.05, 0.1) is 5.88 Å². The molecule has 0 rings (SSSR count). The summed E-state index contributed by atoms with van der Waals surface area (Å²) in [6.45, 7) is 4.52. The Bertz CT molecular complexity index is 282. The van der Waals surface area contributed by atoms with Gasteiger partial charge in [0.15, 0.2) is 0 Å². The molecular formula is C16H26Br3I. The van der Waals surface area contributed by atoms with Gasteiger partial charge in [-0.25, -0.2) is 0 Å². The Morgan fingerprint density at radius 1 is 0.700 bits per heavy atom. The number of unbranched alkanes of at least 4 members (excludes halogenated alkanes) is 6. The number of allylic oxidation sites excluding steroid dienone is 2. The SMILES string of the molecule is CCCCCCC(=C(Br)Br)/C(CCCCCC)=C(/Br)I. The summed E-state index contributed by atoms with van der Waals surface area (Å²) in [6, 6.07) is 0. The first kappa shape index (κ1) is 21.6. The third-order valence-electron chi connectivity index (χ3n) is 3.38. The molecule has 0 aliphatic carbocycles. The average Bonchev–Trinajstić information content (AvgIpc) is 2.39. The van der Waals surface area contributed by atoms with Crippen LogP contribution in [0.3, 0.4) is 0 Å². The average molecular weight is 585 g/mol. The van der Waals surface area contributed by atoms with Crippen LogP contribution in [0.25, 0.3) is 0 Å². The second kappa shape index (κ2) is 14.3. The molecule has 20 heavy (non-hydrogen) atoms. The van der Waals surface area contributed by atoms with E-state index in [1.165, 1.54) is 71.4 Å². The van der Waals surface area contributed by atoms with Crippen LogP contribution >= 0.6 is 70.4 Å². The van der Waals surface area contributed by atoms with Gasteiger partial charge < -0.3 is 0 Å². The molecule has 0 aliphatic heterocycles.